The zero-order chi connectivity index (χ0) is 20.5. The number of aliphatic hydroxyl groups excluding tert-OH is 1. The monoisotopic (exact) mass is 417 g/mol. The van der Waals surface area contributed by atoms with Gasteiger partial charge in [-0.15, -0.1) is 11.6 Å². The van der Waals surface area contributed by atoms with E-state index in [1.165, 1.54) is 5.69 Å². The number of hydrogen-bond acceptors (Lipinski definition) is 5. The predicted molar refractivity (Wildman–Crippen MR) is 117 cm³/mol. The number of ether oxygens (including phenoxy) is 1. The van der Waals surface area contributed by atoms with E-state index in [2.05, 4.69) is 39.4 Å². The van der Waals surface area contributed by atoms with Crippen LogP contribution in [0.3, 0.4) is 0 Å². The van der Waals surface area contributed by atoms with Crippen LogP contribution < -0.4 is 15.0 Å². The molecule has 29 heavy (non-hydrogen) atoms. The van der Waals surface area contributed by atoms with Gasteiger partial charge in [-0.3, -0.25) is 9.69 Å². The molecule has 6 nitrogen and oxygen atoms in total. The van der Waals surface area contributed by atoms with Gasteiger partial charge in [0.25, 0.3) is 0 Å². The Morgan fingerprint density at radius 3 is 2.41 bits per heavy atom. The molecule has 0 saturated carbocycles. The Hall–Kier alpha value is -2.28. The second-order valence-corrected chi connectivity index (χ2v) is 7.41. The zero-order valence-electron chi connectivity index (χ0n) is 16.5. The van der Waals surface area contributed by atoms with Crippen LogP contribution >= 0.6 is 11.6 Å². The lowest BCUT2D eigenvalue weighted by Gasteiger charge is -2.36. The van der Waals surface area contributed by atoms with Crippen molar-refractivity contribution < 1.29 is 14.6 Å². The summed E-state index contributed by atoms with van der Waals surface area (Å²) in [6.45, 7) is 4.78. The van der Waals surface area contributed by atoms with E-state index in [-0.39, 0.29) is 18.4 Å². The van der Waals surface area contributed by atoms with Gasteiger partial charge in [-0.2, -0.15) is 0 Å². The first-order valence-corrected chi connectivity index (χ1v) is 10.5. The van der Waals surface area contributed by atoms with Crippen LogP contribution in [0, 0.1) is 0 Å². The summed E-state index contributed by atoms with van der Waals surface area (Å²) >= 11 is 5.54. The number of benzene rings is 2. The van der Waals surface area contributed by atoms with Crippen molar-refractivity contribution in [2.24, 2.45) is 0 Å². The van der Waals surface area contributed by atoms with Crippen LogP contribution in [-0.4, -0.2) is 67.2 Å². The fourth-order valence-electron chi connectivity index (χ4n) is 3.22. The first-order chi connectivity index (χ1) is 14.1. The topological polar surface area (TPSA) is 65.0 Å². The van der Waals surface area contributed by atoms with E-state index < -0.39 is 6.10 Å². The molecule has 1 aliphatic heterocycles. The zero-order valence-corrected chi connectivity index (χ0v) is 17.2. The number of piperazine rings is 1. The van der Waals surface area contributed by atoms with Gasteiger partial charge in [-0.25, -0.2) is 0 Å². The average Bonchev–Trinajstić information content (AvgIpc) is 2.78. The smallest absolute Gasteiger partial charge is 0.225 e. The van der Waals surface area contributed by atoms with Crippen molar-refractivity contribution in [2.75, 3.05) is 55.4 Å². The Labute approximate surface area is 177 Å². The van der Waals surface area contributed by atoms with Crippen LogP contribution in [-0.2, 0) is 4.79 Å². The highest BCUT2D eigenvalue weighted by Crippen LogP contribution is 2.17. The highest BCUT2D eigenvalue weighted by molar-refractivity contribution is 6.18. The number of aliphatic hydroxyl groups is 1. The number of nitrogens with zero attached hydrogens (tertiary/aromatic N) is 2. The third-order valence-electron chi connectivity index (χ3n) is 4.91. The van der Waals surface area contributed by atoms with E-state index in [0.29, 0.717) is 12.2 Å². The molecule has 0 aromatic heterocycles. The van der Waals surface area contributed by atoms with Crippen LogP contribution in [0.4, 0.5) is 11.4 Å². The molecule has 1 unspecified atom stereocenters. The van der Waals surface area contributed by atoms with E-state index in [1.807, 2.05) is 6.07 Å². The van der Waals surface area contributed by atoms with Crippen molar-refractivity contribution in [3.63, 3.8) is 0 Å². The molecule has 2 aromatic rings. The van der Waals surface area contributed by atoms with Crippen LogP contribution in [0.2, 0.25) is 0 Å². The molecule has 1 fully saturated rings. The van der Waals surface area contributed by atoms with Gasteiger partial charge in [0, 0.05) is 50.5 Å². The maximum atomic E-state index is 12.3. The lowest BCUT2D eigenvalue weighted by molar-refractivity contribution is -0.116. The van der Waals surface area contributed by atoms with Gasteiger partial charge in [-0.05, 0) is 36.4 Å². The van der Waals surface area contributed by atoms with Crippen molar-refractivity contribution >= 4 is 28.9 Å². The second-order valence-electron chi connectivity index (χ2n) is 7.11. The Bertz CT molecular complexity index is 750. The lowest BCUT2D eigenvalue weighted by atomic mass is 10.2. The molecule has 1 aliphatic rings. The summed E-state index contributed by atoms with van der Waals surface area (Å²) < 4.78 is 5.43. The highest BCUT2D eigenvalue weighted by Gasteiger charge is 2.17. The Balaban J connectivity index is 1.36. The van der Waals surface area contributed by atoms with Gasteiger partial charge >= 0.3 is 0 Å². The minimum Gasteiger partial charge on any atom is -0.491 e. The lowest BCUT2D eigenvalue weighted by Crippen LogP contribution is -2.47. The van der Waals surface area contributed by atoms with Crippen molar-refractivity contribution in [3.05, 3.63) is 54.6 Å². The van der Waals surface area contributed by atoms with Gasteiger partial charge in [-0.1, -0.05) is 18.2 Å². The molecule has 7 heteroatoms. The molecule has 3 rings (SSSR count). The molecule has 1 amide bonds. The molecule has 1 atom stereocenters. The minimum atomic E-state index is -0.689. The first kappa shape index (κ1) is 21.4. The van der Waals surface area contributed by atoms with E-state index in [9.17, 15) is 9.90 Å². The molecule has 1 heterocycles. The van der Waals surface area contributed by atoms with Crippen molar-refractivity contribution in [1.29, 1.82) is 0 Å². The Kier molecular flexibility index (Phi) is 8.16. The summed E-state index contributed by atoms with van der Waals surface area (Å²) in [5.41, 5.74) is 1.99. The molecule has 0 aliphatic carbocycles. The maximum Gasteiger partial charge on any atom is 0.225 e. The standard InChI is InChI=1S/C22H28ClN3O3/c23-16-20(27)17-29-21-8-6-18(7-9-21)24-22(28)10-11-25-12-14-26(15-13-25)19-4-2-1-3-5-19/h1-9,20,27H,10-17H2,(H,24,28). The summed E-state index contributed by atoms with van der Waals surface area (Å²) in [5.74, 6) is 0.764. The molecular formula is C22H28ClN3O3. The quantitative estimate of drug-likeness (QED) is 0.614. The van der Waals surface area contributed by atoms with Crippen molar-refractivity contribution in [2.45, 2.75) is 12.5 Å². The minimum absolute atomic E-state index is 0.00159. The number of alkyl halides is 1. The fourth-order valence-corrected chi connectivity index (χ4v) is 3.31. The summed E-state index contributed by atoms with van der Waals surface area (Å²) in [5, 5.41) is 12.3. The average molecular weight is 418 g/mol. The Morgan fingerprint density at radius 1 is 1.07 bits per heavy atom. The summed E-state index contributed by atoms with van der Waals surface area (Å²) in [6.07, 6.45) is -0.225. The van der Waals surface area contributed by atoms with Gasteiger partial charge in [0.1, 0.15) is 18.5 Å². The Morgan fingerprint density at radius 2 is 1.76 bits per heavy atom. The number of nitrogens with one attached hydrogen (secondary N) is 1. The SMILES string of the molecule is O=C(CCN1CCN(c2ccccc2)CC1)Nc1ccc(OCC(O)CCl)cc1. The predicted octanol–water partition coefficient (Wildman–Crippen LogP) is 2.82. The third-order valence-corrected chi connectivity index (χ3v) is 5.26. The number of para-hydroxylation sites is 1. The third kappa shape index (κ3) is 6.92. The number of carbonyl (C=O) groups is 1. The summed E-state index contributed by atoms with van der Waals surface area (Å²) in [4.78, 5) is 17.0. The van der Waals surface area contributed by atoms with E-state index in [4.69, 9.17) is 16.3 Å². The molecule has 0 radical (unpaired) electrons. The number of carbonyl (C=O) groups excluding carboxylic acids is 1. The summed E-state index contributed by atoms with van der Waals surface area (Å²) in [6, 6.07) is 17.5. The fraction of sp³-hybridized carbons (Fsp3) is 0.409. The highest BCUT2D eigenvalue weighted by atomic mass is 35.5. The van der Waals surface area contributed by atoms with Crippen LogP contribution in [0.15, 0.2) is 54.6 Å². The van der Waals surface area contributed by atoms with Crippen LogP contribution in [0.25, 0.3) is 0 Å². The van der Waals surface area contributed by atoms with Gasteiger partial charge in [0.05, 0.1) is 5.88 Å². The number of rotatable bonds is 9. The van der Waals surface area contributed by atoms with Gasteiger partial charge in [0.2, 0.25) is 5.91 Å². The molecule has 0 bridgehead atoms. The molecule has 2 N–H and O–H groups in total. The maximum absolute atomic E-state index is 12.3. The van der Waals surface area contributed by atoms with Crippen molar-refractivity contribution in [3.8, 4) is 5.75 Å². The molecule has 1 saturated heterocycles. The molecular weight excluding hydrogens is 390 g/mol. The number of hydrogen-bond donors (Lipinski definition) is 2. The van der Waals surface area contributed by atoms with E-state index in [1.54, 1.807) is 24.3 Å². The number of anilines is 2. The number of halogens is 1. The van der Waals surface area contributed by atoms with Gasteiger partial charge < -0.3 is 20.1 Å². The van der Waals surface area contributed by atoms with E-state index in [0.717, 1.165) is 38.4 Å². The van der Waals surface area contributed by atoms with Crippen LogP contribution in [0.1, 0.15) is 6.42 Å². The second kappa shape index (κ2) is 11.0. The normalized spacial score (nSPS) is 15.7. The van der Waals surface area contributed by atoms with Gasteiger partial charge in [0.15, 0.2) is 0 Å². The largest absolute Gasteiger partial charge is 0.491 e. The van der Waals surface area contributed by atoms with Crippen molar-refractivity contribution in [1.82, 2.24) is 4.90 Å². The molecule has 156 valence electrons. The molecule has 2 aromatic carbocycles. The van der Waals surface area contributed by atoms with E-state index >= 15 is 0 Å². The van der Waals surface area contributed by atoms with Crippen LogP contribution in [0.5, 0.6) is 5.75 Å². The molecule has 0 spiro atoms. The summed E-state index contributed by atoms with van der Waals surface area (Å²) in [7, 11) is 0. The number of amides is 1. The first-order valence-electron chi connectivity index (χ1n) is 9.93.